The van der Waals surface area contributed by atoms with Crippen LogP contribution in [0.4, 0.5) is 18.9 Å². The molecule has 1 aromatic heterocycles. The minimum atomic E-state index is -4.56. The van der Waals surface area contributed by atoms with Crippen molar-refractivity contribution >= 4 is 34.5 Å². The predicted molar refractivity (Wildman–Crippen MR) is 85.7 cm³/mol. The summed E-state index contributed by atoms with van der Waals surface area (Å²) in [4.78, 5) is 13.7. The molecule has 0 spiro atoms. The van der Waals surface area contributed by atoms with E-state index < -0.39 is 22.7 Å². The highest BCUT2D eigenvalue weighted by Crippen LogP contribution is 2.36. The van der Waals surface area contributed by atoms with E-state index in [2.05, 4.69) is 5.32 Å². The van der Waals surface area contributed by atoms with Crippen LogP contribution in [0.25, 0.3) is 0 Å². The molecule has 1 aromatic carbocycles. The first-order valence-electron chi connectivity index (χ1n) is 6.62. The Morgan fingerprint density at radius 3 is 2.70 bits per heavy atom. The largest absolute Gasteiger partial charge is 0.417 e. The number of halogens is 4. The van der Waals surface area contributed by atoms with E-state index in [0.717, 1.165) is 17.7 Å². The number of carbonyl (C=O) groups excluding carboxylic acids is 1. The van der Waals surface area contributed by atoms with Gasteiger partial charge in [-0.3, -0.25) is 9.69 Å². The van der Waals surface area contributed by atoms with Crippen LogP contribution in [0.5, 0.6) is 0 Å². The van der Waals surface area contributed by atoms with Crippen LogP contribution in [0, 0.1) is 0 Å². The van der Waals surface area contributed by atoms with Gasteiger partial charge in [0.1, 0.15) is 0 Å². The summed E-state index contributed by atoms with van der Waals surface area (Å²) in [7, 11) is 1.76. The number of hydrogen-bond donors (Lipinski definition) is 1. The van der Waals surface area contributed by atoms with E-state index in [4.69, 9.17) is 11.6 Å². The summed E-state index contributed by atoms with van der Waals surface area (Å²) in [5.41, 5.74) is 0.176. The van der Waals surface area contributed by atoms with E-state index in [-0.39, 0.29) is 12.2 Å². The maximum atomic E-state index is 12.8. The van der Waals surface area contributed by atoms with Gasteiger partial charge >= 0.3 is 6.18 Å². The zero-order valence-corrected chi connectivity index (χ0v) is 13.7. The molecule has 0 aliphatic heterocycles. The number of nitrogens with one attached hydrogen (secondary N) is 1. The molecule has 0 bridgehead atoms. The fourth-order valence-electron chi connectivity index (χ4n) is 2.02. The standard InChI is InChI=1S/C15H14ClF3N2OS/c1-21(7-10-4-5-23-9-10)8-14(22)20-11-2-3-13(16)12(6-11)15(17,18)19/h2-6,9H,7-8H2,1H3,(H,20,22). The van der Waals surface area contributed by atoms with Crippen LogP contribution in [-0.4, -0.2) is 24.4 Å². The molecule has 2 rings (SSSR count). The molecule has 1 N–H and O–H groups in total. The second-order valence-corrected chi connectivity index (χ2v) is 6.23. The fraction of sp³-hybridized carbons (Fsp3) is 0.267. The molecular formula is C15H14ClF3N2OS. The Balaban J connectivity index is 1.97. The Morgan fingerprint density at radius 1 is 1.35 bits per heavy atom. The van der Waals surface area contributed by atoms with Gasteiger partial charge in [-0.1, -0.05) is 11.6 Å². The number of anilines is 1. The lowest BCUT2D eigenvalue weighted by Gasteiger charge is -2.16. The highest BCUT2D eigenvalue weighted by molar-refractivity contribution is 7.07. The number of benzene rings is 1. The van der Waals surface area contributed by atoms with Crippen LogP contribution in [0.2, 0.25) is 5.02 Å². The van der Waals surface area contributed by atoms with Gasteiger partial charge < -0.3 is 5.32 Å². The van der Waals surface area contributed by atoms with Gasteiger partial charge in [-0.05, 0) is 47.6 Å². The highest BCUT2D eigenvalue weighted by atomic mass is 35.5. The van der Waals surface area contributed by atoms with Gasteiger partial charge in [-0.2, -0.15) is 24.5 Å². The van der Waals surface area contributed by atoms with Crippen LogP contribution in [-0.2, 0) is 17.5 Å². The van der Waals surface area contributed by atoms with Gasteiger partial charge in [0.05, 0.1) is 17.1 Å². The highest BCUT2D eigenvalue weighted by Gasteiger charge is 2.33. The topological polar surface area (TPSA) is 32.3 Å². The van der Waals surface area contributed by atoms with Crippen molar-refractivity contribution in [3.8, 4) is 0 Å². The quantitative estimate of drug-likeness (QED) is 0.849. The number of carbonyl (C=O) groups is 1. The fourth-order valence-corrected chi connectivity index (χ4v) is 2.90. The normalized spacial score (nSPS) is 11.7. The predicted octanol–water partition coefficient (Wildman–Crippen LogP) is 4.49. The molecular weight excluding hydrogens is 349 g/mol. The van der Waals surface area contributed by atoms with E-state index >= 15 is 0 Å². The third-order valence-corrected chi connectivity index (χ3v) is 4.06. The molecule has 1 amide bonds. The number of alkyl halides is 3. The summed E-state index contributed by atoms with van der Waals surface area (Å²) >= 11 is 7.10. The summed E-state index contributed by atoms with van der Waals surface area (Å²) in [6.07, 6.45) is -4.56. The maximum absolute atomic E-state index is 12.8. The van der Waals surface area contributed by atoms with E-state index in [0.29, 0.717) is 6.54 Å². The minimum absolute atomic E-state index is 0.0654. The first-order chi connectivity index (χ1) is 10.8. The molecule has 0 saturated carbocycles. The number of hydrogen-bond acceptors (Lipinski definition) is 3. The molecule has 0 atom stereocenters. The summed E-state index contributed by atoms with van der Waals surface area (Å²) in [6.45, 7) is 0.658. The van der Waals surface area contributed by atoms with Crippen LogP contribution >= 0.6 is 22.9 Å². The first kappa shape index (κ1) is 17.8. The summed E-state index contributed by atoms with van der Waals surface area (Å²) in [6, 6.07) is 5.25. The van der Waals surface area contributed by atoms with Gasteiger partial charge in [-0.25, -0.2) is 0 Å². The van der Waals surface area contributed by atoms with Crippen LogP contribution < -0.4 is 5.32 Å². The molecule has 0 unspecified atom stereocenters. The summed E-state index contributed by atoms with van der Waals surface area (Å²) < 4.78 is 38.4. The van der Waals surface area contributed by atoms with E-state index in [9.17, 15) is 18.0 Å². The van der Waals surface area contributed by atoms with Crippen molar-refractivity contribution in [2.24, 2.45) is 0 Å². The van der Waals surface area contributed by atoms with E-state index in [1.54, 1.807) is 23.3 Å². The molecule has 8 heteroatoms. The molecule has 1 heterocycles. The lowest BCUT2D eigenvalue weighted by Crippen LogP contribution is -2.29. The van der Waals surface area contributed by atoms with E-state index in [1.165, 1.54) is 6.07 Å². The minimum Gasteiger partial charge on any atom is -0.325 e. The average molecular weight is 363 g/mol. The van der Waals surface area contributed by atoms with Crippen molar-refractivity contribution in [2.75, 3.05) is 18.9 Å². The molecule has 0 aliphatic carbocycles. The number of nitrogens with zero attached hydrogens (tertiary/aromatic N) is 1. The molecule has 124 valence electrons. The van der Waals surface area contributed by atoms with Gasteiger partial charge in [0, 0.05) is 12.2 Å². The van der Waals surface area contributed by atoms with Gasteiger partial charge in [0.25, 0.3) is 0 Å². The first-order valence-corrected chi connectivity index (χ1v) is 7.94. The number of likely N-dealkylation sites (N-methyl/N-ethyl adjacent to an activating group) is 1. The lowest BCUT2D eigenvalue weighted by atomic mass is 10.2. The van der Waals surface area contributed by atoms with Crippen LogP contribution in [0.3, 0.4) is 0 Å². The Labute approximate surface area is 140 Å². The average Bonchev–Trinajstić information content (AvgIpc) is 2.92. The van der Waals surface area contributed by atoms with Gasteiger partial charge in [0.2, 0.25) is 5.91 Å². The van der Waals surface area contributed by atoms with Gasteiger partial charge in [-0.15, -0.1) is 0 Å². The lowest BCUT2D eigenvalue weighted by molar-refractivity contribution is -0.137. The molecule has 0 saturated heterocycles. The zero-order chi connectivity index (χ0) is 17.0. The second-order valence-electron chi connectivity index (χ2n) is 5.04. The molecule has 3 nitrogen and oxygen atoms in total. The molecule has 23 heavy (non-hydrogen) atoms. The third kappa shape index (κ3) is 5.23. The molecule has 2 aromatic rings. The van der Waals surface area contributed by atoms with Crippen molar-refractivity contribution in [3.63, 3.8) is 0 Å². The molecule has 0 fully saturated rings. The van der Waals surface area contributed by atoms with Crippen molar-refractivity contribution in [2.45, 2.75) is 12.7 Å². The van der Waals surface area contributed by atoms with Crippen LogP contribution in [0.15, 0.2) is 35.0 Å². The summed E-state index contributed by atoms with van der Waals surface area (Å²) in [5.74, 6) is -0.391. The van der Waals surface area contributed by atoms with Gasteiger partial charge in [0.15, 0.2) is 0 Å². The molecule has 0 aliphatic rings. The second kappa shape index (κ2) is 7.33. The maximum Gasteiger partial charge on any atom is 0.417 e. The Morgan fingerprint density at radius 2 is 2.09 bits per heavy atom. The number of amides is 1. The van der Waals surface area contributed by atoms with Crippen molar-refractivity contribution in [3.05, 3.63) is 51.2 Å². The smallest absolute Gasteiger partial charge is 0.325 e. The van der Waals surface area contributed by atoms with Crippen molar-refractivity contribution < 1.29 is 18.0 Å². The summed E-state index contributed by atoms with van der Waals surface area (Å²) in [5, 5.41) is 5.97. The monoisotopic (exact) mass is 362 g/mol. The number of rotatable bonds is 5. The Hall–Kier alpha value is -1.57. The van der Waals surface area contributed by atoms with E-state index in [1.807, 2.05) is 16.8 Å². The van der Waals surface area contributed by atoms with Crippen molar-refractivity contribution in [1.82, 2.24) is 4.90 Å². The zero-order valence-electron chi connectivity index (χ0n) is 12.2. The number of thiophene rings is 1. The van der Waals surface area contributed by atoms with Crippen LogP contribution in [0.1, 0.15) is 11.1 Å². The third-order valence-electron chi connectivity index (χ3n) is 3.00. The van der Waals surface area contributed by atoms with Crippen molar-refractivity contribution in [1.29, 1.82) is 0 Å². The SMILES string of the molecule is CN(CC(=O)Nc1ccc(Cl)c(C(F)(F)F)c1)Cc1ccsc1. The molecule has 0 radical (unpaired) electrons. The Bertz CT molecular complexity index is 674. The Kier molecular flexibility index (Phi) is 5.67.